The lowest BCUT2D eigenvalue weighted by Crippen LogP contribution is -2.02. The van der Waals surface area contributed by atoms with Crippen LogP contribution in [0, 0.1) is 5.82 Å². The van der Waals surface area contributed by atoms with E-state index in [1.807, 2.05) is 18.2 Å². The minimum absolute atomic E-state index is 0.219. The van der Waals surface area contributed by atoms with E-state index in [2.05, 4.69) is 21.2 Å². The number of rotatable bonds is 5. The molecule has 0 bridgehead atoms. The van der Waals surface area contributed by atoms with Crippen LogP contribution in [0.1, 0.15) is 5.56 Å². The topological polar surface area (TPSA) is 30.5 Å². The third kappa shape index (κ3) is 3.42. The van der Waals surface area contributed by atoms with E-state index in [4.69, 9.17) is 9.47 Å². The molecule has 0 aliphatic rings. The maximum Gasteiger partial charge on any atom is 0.165 e. The second-order valence-corrected chi connectivity index (χ2v) is 5.07. The van der Waals surface area contributed by atoms with E-state index >= 15 is 0 Å². The molecule has 0 saturated carbocycles. The smallest absolute Gasteiger partial charge is 0.165 e. The molecule has 3 nitrogen and oxygen atoms in total. The molecule has 0 radical (unpaired) electrons. The van der Waals surface area contributed by atoms with Crippen LogP contribution in [-0.2, 0) is 6.54 Å². The first-order chi connectivity index (χ1) is 9.63. The average Bonchev–Trinajstić information content (AvgIpc) is 2.46. The number of anilines is 1. The molecule has 0 atom stereocenters. The standard InChI is InChI=1S/C15H15BrFNO2/c1-19-14-6-3-11(16)7-10(14)9-18-12-4-5-13(17)15(8-12)20-2/h3-8,18H,9H2,1-2H3. The minimum Gasteiger partial charge on any atom is -0.496 e. The van der Waals surface area contributed by atoms with Crippen molar-refractivity contribution in [1.82, 2.24) is 0 Å². The number of benzene rings is 2. The van der Waals surface area contributed by atoms with Crippen LogP contribution in [-0.4, -0.2) is 14.2 Å². The van der Waals surface area contributed by atoms with Gasteiger partial charge in [-0.3, -0.25) is 0 Å². The number of hydrogen-bond donors (Lipinski definition) is 1. The fraction of sp³-hybridized carbons (Fsp3) is 0.200. The van der Waals surface area contributed by atoms with Crippen molar-refractivity contribution >= 4 is 21.6 Å². The van der Waals surface area contributed by atoms with Crippen LogP contribution in [0.25, 0.3) is 0 Å². The summed E-state index contributed by atoms with van der Waals surface area (Å²) >= 11 is 3.43. The molecule has 0 fully saturated rings. The first-order valence-electron chi connectivity index (χ1n) is 6.04. The lowest BCUT2D eigenvalue weighted by atomic mass is 10.2. The normalized spacial score (nSPS) is 10.2. The summed E-state index contributed by atoms with van der Waals surface area (Å²) in [6, 6.07) is 10.5. The lowest BCUT2D eigenvalue weighted by Gasteiger charge is -2.12. The van der Waals surface area contributed by atoms with Crippen molar-refractivity contribution < 1.29 is 13.9 Å². The third-order valence-corrected chi connectivity index (χ3v) is 3.37. The summed E-state index contributed by atoms with van der Waals surface area (Å²) in [6.45, 7) is 0.567. The molecule has 106 valence electrons. The molecule has 20 heavy (non-hydrogen) atoms. The highest BCUT2D eigenvalue weighted by Gasteiger charge is 2.06. The highest BCUT2D eigenvalue weighted by atomic mass is 79.9. The van der Waals surface area contributed by atoms with Crippen molar-refractivity contribution in [3.63, 3.8) is 0 Å². The van der Waals surface area contributed by atoms with Crippen LogP contribution >= 0.6 is 15.9 Å². The Kier molecular flexibility index (Phi) is 4.84. The van der Waals surface area contributed by atoms with Gasteiger partial charge in [0.2, 0.25) is 0 Å². The number of nitrogens with one attached hydrogen (secondary N) is 1. The zero-order valence-electron chi connectivity index (χ0n) is 11.2. The van der Waals surface area contributed by atoms with Gasteiger partial charge in [0.05, 0.1) is 14.2 Å². The van der Waals surface area contributed by atoms with Gasteiger partial charge in [0.15, 0.2) is 11.6 Å². The van der Waals surface area contributed by atoms with Gasteiger partial charge in [-0.1, -0.05) is 15.9 Å². The molecule has 0 aliphatic carbocycles. The summed E-state index contributed by atoms with van der Waals surface area (Å²) in [5.74, 6) is 0.643. The van der Waals surface area contributed by atoms with Gasteiger partial charge in [0, 0.05) is 28.3 Å². The van der Waals surface area contributed by atoms with Gasteiger partial charge in [-0.05, 0) is 30.3 Å². The van der Waals surface area contributed by atoms with Gasteiger partial charge in [-0.25, -0.2) is 4.39 Å². The van der Waals surface area contributed by atoms with Crippen LogP contribution in [0.3, 0.4) is 0 Å². The van der Waals surface area contributed by atoms with Gasteiger partial charge in [0.1, 0.15) is 5.75 Å². The second-order valence-electron chi connectivity index (χ2n) is 4.16. The fourth-order valence-electron chi connectivity index (χ4n) is 1.85. The molecule has 0 unspecified atom stereocenters. The molecule has 1 N–H and O–H groups in total. The van der Waals surface area contributed by atoms with Crippen molar-refractivity contribution in [3.05, 3.63) is 52.3 Å². The Labute approximate surface area is 125 Å². The lowest BCUT2D eigenvalue weighted by molar-refractivity contribution is 0.387. The van der Waals surface area contributed by atoms with Crippen molar-refractivity contribution in [2.45, 2.75) is 6.54 Å². The van der Waals surface area contributed by atoms with E-state index in [9.17, 15) is 4.39 Å². The molecule has 0 amide bonds. The monoisotopic (exact) mass is 339 g/mol. The SMILES string of the molecule is COc1cc(NCc2cc(Br)ccc2OC)ccc1F. The van der Waals surface area contributed by atoms with Crippen LogP contribution in [0.4, 0.5) is 10.1 Å². The quantitative estimate of drug-likeness (QED) is 0.884. The van der Waals surface area contributed by atoms with Gasteiger partial charge >= 0.3 is 0 Å². The van der Waals surface area contributed by atoms with E-state index in [1.54, 1.807) is 19.2 Å². The van der Waals surface area contributed by atoms with Crippen molar-refractivity contribution in [3.8, 4) is 11.5 Å². The molecule has 0 aliphatic heterocycles. The number of ether oxygens (including phenoxy) is 2. The van der Waals surface area contributed by atoms with Gasteiger partial charge in [-0.15, -0.1) is 0 Å². The predicted molar refractivity (Wildman–Crippen MR) is 81.0 cm³/mol. The molecular formula is C15H15BrFNO2. The molecule has 0 spiro atoms. The van der Waals surface area contributed by atoms with E-state index in [-0.39, 0.29) is 11.6 Å². The maximum atomic E-state index is 13.3. The van der Waals surface area contributed by atoms with E-state index in [1.165, 1.54) is 13.2 Å². The zero-order chi connectivity index (χ0) is 14.5. The van der Waals surface area contributed by atoms with Gasteiger partial charge in [-0.2, -0.15) is 0 Å². The van der Waals surface area contributed by atoms with Crippen molar-refractivity contribution in [2.24, 2.45) is 0 Å². The van der Waals surface area contributed by atoms with Gasteiger partial charge in [0.25, 0.3) is 0 Å². The molecule has 2 aromatic carbocycles. The Morgan fingerprint density at radius 2 is 1.80 bits per heavy atom. The van der Waals surface area contributed by atoms with Crippen LogP contribution in [0.5, 0.6) is 11.5 Å². The Morgan fingerprint density at radius 1 is 1.05 bits per heavy atom. The summed E-state index contributed by atoms with van der Waals surface area (Å²) in [6.07, 6.45) is 0. The van der Waals surface area contributed by atoms with Crippen LogP contribution < -0.4 is 14.8 Å². The average molecular weight is 340 g/mol. The second kappa shape index (κ2) is 6.61. The summed E-state index contributed by atoms with van der Waals surface area (Å²) in [7, 11) is 3.08. The number of halogens is 2. The highest BCUT2D eigenvalue weighted by molar-refractivity contribution is 9.10. The molecule has 2 aromatic rings. The highest BCUT2D eigenvalue weighted by Crippen LogP contribution is 2.25. The van der Waals surface area contributed by atoms with E-state index in [0.29, 0.717) is 6.54 Å². The Hall–Kier alpha value is -1.75. The van der Waals surface area contributed by atoms with Gasteiger partial charge < -0.3 is 14.8 Å². The predicted octanol–water partition coefficient (Wildman–Crippen LogP) is 4.22. The first kappa shape index (κ1) is 14.7. The van der Waals surface area contributed by atoms with Crippen molar-refractivity contribution in [2.75, 3.05) is 19.5 Å². The van der Waals surface area contributed by atoms with E-state index < -0.39 is 0 Å². The summed E-state index contributed by atoms with van der Waals surface area (Å²) in [5, 5.41) is 3.22. The molecule has 0 heterocycles. The summed E-state index contributed by atoms with van der Waals surface area (Å²) < 4.78 is 24.6. The summed E-state index contributed by atoms with van der Waals surface area (Å²) in [4.78, 5) is 0. The molecule has 5 heteroatoms. The molecular weight excluding hydrogens is 325 g/mol. The number of hydrogen-bond acceptors (Lipinski definition) is 3. The Balaban J connectivity index is 2.14. The number of methoxy groups -OCH3 is 2. The van der Waals surface area contributed by atoms with E-state index in [0.717, 1.165) is 21.5 Å². The summed E-state index contributed by atoms with van der Waals surface area (Å²) in [5.41, 5.74) is 1.79. The maximum absolute atomic E-state index is 13.3. The minimum atomic E-state index is -0.377. The molecule has 0 saturated heterocycles. The van der Waals surface area contributed by atoms with Crippen molar-refractivity contribution in [1.29, 1.82) is 0 Å². The zero-order valence-corrected chi connectivity index (χ0v) is 12.8. The molecule has 2 rings (SSSR count). The molecule has 0 aromatic heterocycles. The first-order valence-corrected chi connectivity index (χ1v) is 6.83. The Morgan fingerprint density at radius 3 is 2.50 bits per heavy atom. The van der Waals surface area contributed by atoms with Crippen LogP contribution in [0.2, 0.25) is 0 Å². The fourth-order valence-corrected chi connectivity index (χ4v) is 2.26. The third-order valence-electron chi connectivity index (χ3n) is 2.88. The Bertz CT molecular complexity index is 604. The van der Waals surface area contributed by atoms with Crippen LogP contribution in [0.15, 0.2) is 40.9 Å². The largest absolute Gasteiger partial charge is 0.496 e.